The van der Waals surface area contributed by atoms with E-state index in [0.717, 1.165) is 23.4 Å². The number of anilines is 2. The number of aromatic nitrogens is 3. The predicted molar refractivity (Wildman–Crippen MR) is 143 cm³/mol. The van der Waals surface area contributed by atoms with E-state index in [4.69, 9.17) is 28.0 Å². The third-order valence-corrected chi connectivity index (χ3v) is 6.89. The summed E-state index contributed by atoms with van der Waals surface area (Å²) in [6.45, 7) is 3.30. The summed E-state index contributed by atoms with van der Waals surface area (Å²) in [5.41, 5.74) is 3.00. The Bertz CT molecular complexity index is 1340. The van der Waals surface area contributed by atoms with Gasteiger partial charge in [-0.1, -0.05) is 48.8 Å². The molecule has 1 aliphatic heterocycles. The standard InChI is InChI=1S/C25H25Cl2N5O2.CH4/c1-34-32-23-17(13-19(24(32)33)22-20(26)5-4-6-21(22)27)14-28-25(30-23)29-18-9-7-16(8-10-18)15-31-11-2-3-12-31;/h5,7-10,13-14H,2-4,6,11-12,15H2,1H3,(H,28,29,30);1H4. The summed E-state index contributed by atoms with van der Waals surface area (Å²) in [7, 11) is 1.42. The molecule has 1 N–H and O–H groups in total. The largest absolute Gasteiger partial charge is 0.412 e. The maximum absolute atomic E-state index is 13.2. The van der Waals surface area contributed by atoms with E-state index in [1.165, 1.54) is 38.6 Å². The van der Waals surface area contributed by atoms with E-state index >= 15 is 0 Å². The molecular weight excluding hydrogens is 485 g/mol. The maximum Gasteiger partial charge on any atom is 0.293 e. The molecule has 184 valence electrons. The Hall–Kier alpha value is -2.87. The van der Waals surface area contributed by atoms with Gasteiger partial charge in [0.05, 0.1) is 5.56 Å². The number of nitrogens with one attached hydrogen (secondary N) is 1. The van der Waals surface area contributed by atoms with Crippen LogP contribution < -0.4 is 15.7 Å². The summed E-state index contributed by atoms with van der Waals surface area (Å²) in [6.07, 6.45) is 7.45. The van der Waals surface area contributed by atoms with Crippen LogP contribution >= 0.6 is 23.2 Å². The number of hydrogen-bond acceptors (Lipinski definition) is 6. The van der Waals surface area contributed by atoms with Crippen LogP contribution in [0.4, 0.5) is 11.6 Å². The monoisotopic (exact) mass is 513 g/mol. The van der Waals surface area contributed by atoms with Crippen LogP contribution in [0.1, 0.15) is 44.2 Å². The second kappa shape index (κ2) is 10.8. The van der Waals surface area contributed by atoms with Gasteiger partial charge in [0.15, 0.2) is 5.65 Å². The third kappa shape index (κ3) is 5.22. The highest BCUT2D eigenvalue weighted by Gasteiger charge is 2.22. The van der Waals surface area contributed by atoms with Crippen molar-refractivity contribution in [1.82, 2.24) is 19.6 Å². The Morgan fingerprint density at radius 3 is 2.57 bits per heavy atom. The number of allylic oxidation sites excluding steroid dienone is 4. The van der Waals surface area contributed by atoms with Gasteiger partial charge in [-0.2, -0.15) is 4.98 Å². The van der Waals surface area contributed by atoms with Crippen molar-refractivity contribution in [2.24, 2.45) is 0 Å². The normalized spacial score (nSPS) is 16.3. The van der Waals surface area contributed by atoms with Gasteiger partial charge in [-0.3, -0.25) is 9.69 Å². The summed E-state index contributed by atoms with van der Waals surface area (Å²) in [5, 5.41) is 4.86. The number of likely N-dealkylation sites (tertiary alicyclic amines) is 1. The number of hydrogen-bond donors (Lipinski definition) is 1. The van der Waals surface area contributed by atoms with Gasteiger partial charge in [0.25, 0.3) is 5.56 Å². The summed E-state index contributed by atoms with van der Waals surface area (Å²) < 4.78 is 1.15. The second-order valence-corrected chi connectivity index (χ2v) is 9.35. The van der Waals surface area contributed by atoms with E-state index in [9.17, 15) is 4.79 Å². The molecule has 2 aliphatic rings. The second-order valence-electron chi connectivity index (χ2n) is 8.49. The maximum atomic E-state index is 13.2. The zero-order valence-corrected chi connectivity index (χ0v) is 20.4. The molecule has 2 aromatic heterocycles. The molecular formula is C26H29Cl2N5O2. The van der Waals surface area contributed by atoms with E-state index < -0.39 is 0 Å². The highest BCUT2D eigenvalue weighted by atomic mass is 35.5. The lowest BCUT2D eigenvalue weighted by Crippen LogP contribution is -2.29. The molecule has 5 rings (SSSR count). The van der Waals surface area contributed by atoms with E-state index in [-0.39, 0.29) is 13.0 Å². The lowest BCUT2D eigenvalue weighted by Gasteiger charge is -2.17. The van der Waals surface area contributed by atoms with E-state index in [1.54, 1.807) is 12.3 Å². The molecule has 1 fully saturated rings. The molecule has 35 heavy (non-hydrogen) atoms. The minimum Gasteiger partial charge on any atom is -0.412 e. The first-order valence-corrected chi connectivity index (χ1v) is 12.1. The Kier molecular flexibility index (Phi) is 7.79. The highest BCUT2D eigenvalue weighted by Crippen LogP contribution is 2.36. The number of pyridine rings is 1. The number of nitrogens with zero attached hydrogens (tertiary/aromatic N) is 4. The molecule has 3 aromatic rings. The predicted octanol–water partition coefficient (Wildman–Crippen LogP) is 5.69. The van der Waals surface area contributed by atoms with Crippen LogP contribution in [0.2, 0.25) is 0 Å². The average molecular weight is 514 g/mol. The number of fused-ring (bicyclic) bond motifs is 1. The number of benzene rings is 1. The van der Waals surface area contributed by atoms with Crippen molar-refractivity contribution in [3.63, 3.8) is 0 Å². The molecule has 0 atom stereocenters. The van der Waals surface area contributed by atoms with Crippen LogP contribution in [0.25, 0.3) is 16.6 Å². The quantitative estimate of drug-likeness (QED) is 0.456. The Morgan fingerprint density at radius 1 is 1.14 bits per heavy atom. The lowest BCUT2D eigenvalue weighted by molar-refractivity contribution is 0.167. The topological polar surface area (TPSA) is 72.3 Å². The van der Waals surface area contributed by atoms with Gasteiger partial charge in [0.2, 0.25) is 5.95 Å². The van der Waals surface area contributed by atoms with E-state index in [1.807, 2.05) is 18.2 Å². The van der Waals surface area contributed by atoms with Crippen molar-refractivity contribution < 1.29 is 4.84 Å². The van der Waals surface area contributed by atoms with E-state index in [2.05, 4.69) is 32.3 Å². The number of halogens is 2. The molecule has 0 radical (unpaired) electrons. The molecule has 3 heterocycles. The van der Waals surface area contributed by atoms with Crippen molar-refractivity contribution in [3.8, 4) is 0 Å². The van der Waals surface area contributed by atoms with Crippen LogP contribution in [-0.4, -0.2) is 39.8 Å². The first-order valence-electron chi connectivity index (χ1n) is 11.3. The summed E-state index contributed by atoms with van der Waals surface area (Å²) in [5.74, 6) is 0.366. The van der Waals surface area contributed by atoms with Crippen molar-refractivity contribution in [1.29, 1.82) is 0 Å². The molecule has 0 unspecified atom stereocenters. The minimum absolute atomic E-state index is 0. The van der Waals surface area contributed by atoms with Crippen molar-refractivity contribution in [2.75, 3.05) is 25.5 Å². The van der Waals surface area contributed by atoms with Gasteiger partial charge in [-0.15, -0.1) is 4.73 Å². The zero-order valence-electron chi connectivity index (χ0n) is 18.9. The Balaban J connectivity index is 0.00000289. The van der Waals surface area contributed by atoms with Crippen molar-refractivity contribution in [3.05, 3.63) is 74.1 Å². The van der Waals surface area contributed by atoms with Crippen LogP contribution in [0.3, 0.4) is 0 Å². The van der Waals surface area contributed by atoms with Gasteiger partial charge in [0, 0.05) is 39.5 Å². The molecule has 7 nitrogen and oxygen atoms in total. The lowest BCUT2D eigenvalue weighted by atomic mass is 9.99. The SMILES string of the molecule is C.COn1c(=O)c(C2=C(Cl)CCC=C2Cl)cc2cnc(Nc3ccc(CN4CCCC4)cc3)nc21. The van der Waals surface area contributed by atoms with Gasteiger partial charge in [-0.05, 0) is 62.5 Å². The smallest absolute Gasteiger partial charge is 0.293 e. The first kappa shape index (κ1) is 25.2. The van der Waals surface area contributed by atoms with Crippen molar-refractivity contribution in [2.45, 2.75) is 39.7 Å². The van der Waals surface area contributed by atoms with Crippen LogP contribution in [0.5, 0.6) is 0 Å². The fourth-order valence-electron chi connectivity index (χ4n) is 4.46. The molecule has 1 saturated heterocycles. The summed E-state index contributed by atoms with van der Waals surface area (Å²) in [4.78, 5) is 30.1. The van der Waals surface area contributed by atoms with E-state index in [0.29, 0.717) is 44.6 Å². The summed E-state index contributed by atoms with van der Waals surface area (Å²) >= 11 is 12.8. The Morgan fingerprint density at radius 2 is 1.89 bits per heavy atom. The zero-order chi connectivity index (χ0) is 23.7. The first-order chi connectivity index (χ1) is 16.5. The average Bonchev–Trinajstić information content (AvgIpc) is 3.34. The van der Waals surface area contributed by atoms with Gasteiger partial charge in [-0.25, -0.2) is 4.98 Å². The van der Waals surface area contributed by atoms with Crippen molar-refractivity contribution >= 4 is 51.4 Å². The molecule has 0 spiro atoms. The molecule has 0 bridgehead atoms. The van der Waals surface area contributed by atoms with Crippen LogP contribution in [0, 0.1) is 0 Å². The highest BCUT2D eigenvalue weighted by molar-refractivity contribution is 6.42. The Labute approximate surface area is 215 Å². The summed E-state index contributed by atoms with van der Waals surface area (Å²) in [6, 6.07) is 9.95. The molecule has 1 aliphatic carbocycles. The van der Waals surface area contributed by atoms with Crippen LogP contribution in [0.15, 0.2) is 57.5 Å². The van der Waals surface area contributed by atoms with Gasteiger partial charge in [0.1, 0.15) is 7.11 Å². The number of rotatable bonds is 6. The minimum atomic E-state index is -0.382. The molecule has 1 aromatic carbocycles. The fraction of sp³-hybridized carbons (Fsp3) is 0.346. The van der Waals surface area contributed by atoms with Gasteiger partial charge >= 0.3 is 0 Å². The molecule has 0 amide bonds. The van der Waals surface area contributed by atoms with Crippen LogP contribution in [-0.2, 0) is 6.54 Å². The van der Waals surface area contributed by atoms with Gasteiger partial charge < -0.3 is 10.2 Å². The molecule has 9 heteroatoms. The molecule has 0 saturated carbocycles. The fourth-order valence-corrected chi connectivity index (χ4v) is 5.14. The third-order valence-electron chi connectivity index (χ3n) is 6.17.